The molecule has 2 amide bonds. The second kappa shape index (κ2) is 10.0. The van der Waals surface area contributed by atoms with Crippen LogP contribution in [0.3, 0.4) is 0 Å². The lowest BCUT2D eigenvalue weighted by molar-refractivity contribution is -0.151. The van der Waals surface area contributed by atoms with E-state index in [1.165, 1.54) is 29.6 Å². The van der Waals surface area contributed by atoms with Crippen LogP contribution in [-0.2, 0) is 33.9 Å². The fourth-order valence-electron chi connectivity index (χ4n) is 3.26. The normalized spacial score (nSPS) is 17.8. The Labute approximate surface area is 180 Å². The van der Waals surface area contributed by atoms with Crippen molar-refractivity contribution in [1.29, 1.82) is 0 Å². The zero-order valence-corrected chi connectivity index (χ0v) is 17.9. The van der Waals surface area contributed by atoms with E-state index in [0.717, 1.165) is 11.0 Å². The number of amides is 2. The van der Waals surface area contributed by atoms with E-state index in [0.29, 0.717) is 38.2 Å². The summed E-state index contributed by atoms with van der Waals surface area (Å²) in [6.07, 6.45) is 3.38. The minimum Gasteiger partial charge on any atom is -0.495 e. The molecule has 0 saturated carbocycles. The van der Waals surface area contributed by atoms with E-state index in [4.69, 9.17) is 14.2 Å². The molecule has 0 aliphatic carbocycles. The SMILES string of the molecule is COc1ccc(/C=C/C(=O)OCC(=O)N2CCCC2=O)cc1S(=O)(=O)N1CCOCC1. The minimum absolute atomic E-state index is 0.0184. The van der Waals surface area contributed by atoms with Crippen LogP contribution in [0.4, 0.5) is 0 Å². The van der Waals surface area contributed by atoms with Gasteiger partial charge < -0.3 is 14.2 Å². The van der Waals surface area contributed by atoms with Gasteiger partial charge in [0.25, 0.3) is 5.91 Å². The number of benzene rings is 1. The first-order valence-electron chi connectivity index (χ1n) is 9.77. The summed E-state index contributed by atoms with van der Waals surface area (Å²) >= 11 is 0. The Morgan fingerprint density at radius 2 is 1.94 bits per heavy atom. The maximum atomic E-state index is 13.0. The molecule has 0 bridgehead atoms. The van der Waals surface area contributed by atoms with Crippen molar-refractivity contribution in [2.45, 2.75) is 17.7 Å². The van der Waals surface area contributed by atoms with Crippen LogP contribution in [0, 0.1) is 0 Å². The van der Waals surface area contributed by atoms with Gasteiger partial charge in [-0.05, 0) is 30.2 Å². The molecule has 0 atom stereocenters. The summed E-state index contributed by atoms with van der Waals surface area (Å²) in [4.78, 5) is 36.4. The first kappa shape index (κ1) is 22.9. The van der Waals surface area contributed by atoms with Crippen LogP contribution in [0.2, 0.25) is 0 Å². The number of imide groups is 1. The fourth-order valence-corrected chi connectivity index (χ4v) is 4.86. The quantitative estimate of drug-likeness (QED) is 0.431. The van der Waals surface area contributed by atoms with Crippen molar-refractivity contribution >= 4 is 33.9 Å². The summed E-state index contributed by atoms with van der Waals surface area (Å²) in [5.41, 5.74) is 0.436. The van der Waals surface area contributed by atoms with Gasteiger partial charge in [0.15, 0.2) is 6.61 Å². The third-order valence-corrected chi connectivity index (χ3v) is 6.82. The number of esters is 1. The Bertz CT molecular complexity index is 983. The van der Waals surface area contributed by atoms with Gasteiger partial charge in [-0.2, -0.15) is 4.31 Å². The van der Waals surface area contributed by atoms with Gasteiger partial charge >= 0.3 is 5.97 Å². The summed E-state index contributed by atoms with van der Waals surface area (Å²) in [6.45, 7) is 0.909. The van der Waals surface area contributed by atoms with E-state index in [2.05, 4.69) is 0 Å². The van der Waals surface area contributed by atoms with Gasteiger partial charge in [-0.15, -0.1) is 0 Å². The van der Waals surface area contributed by atoms with E-state index < -0.39 is 28.5 Å². The molecule has 1 aromatic rings. The van der Waals surface area contributed by atoms with Gasteiger partial charge in [0.2, 0.25) is 15.9 Å². The molecular weight excluding hydrogens is 428 g/mol. The van der Waals surface area contributed by atoms with Crippen molar-refractivity contribution in [2.75, 3.05) is 46.6 Å². The van der Waals surface area contributed by atoms with Gasteiger partial charge in [0, 0.05) is 32.1 Å². The highest BCUT2D eigenvalue weighted by molar-refractivity contribution is 7.89. The van der Waals surface area contributed by atoms with Gasteiger partial charge in [-0.1, -0.05) is 6.07 Å². The molecule has 2 saturated heterocycles. The van der Waals surface area contributed by atoms with E-state index in [9.17, 15) is 22.8 Å². The van der Waals surface area contributed by atoms with E-state index >= 15 is 0 Å². The lowest BCUT2D eigenvalue weighted by Gasteiger charge is -2.26. The molecule has 168 valence electrons. The summed E-state index contributed by atoms with van der Waals surface area (Å²) in [5, 5.41) is 0. The number of carbonyl (C=O) groups is 3. The van der Waals surface area contributed by atoms with E-state index in [-0.39, 0.29) is 29.6 Å². The van der Waals surface area contributed by atoms with E-state index in [1.54, 1.807) is 6.07 Å². The smallest absolute Gasteiger partial charge is 0.331 e. The van der Waals surface area contributed by atoms with Gasteiger partial charge in [-0.25, -0.2) is 13.2 Å². The molecule has 0 N–H and O–H groups in total. The van der Waals surface area contributed by atoms with Crippen molar-refractivity contribution in [3.05, 3.63) is 29.8 Å². The van der Waals surface area contributed by atoms with Gasteiger partial charge in [0.05, 0.1) is 20.3 Å². The molecule has 2 aliphatic heterocycles. The number of hydrogen-bond acceptors (Lipinski definition) is 8. The summed E-state index contributed by atoms with van der Waals surface area (Å²) < 4.78 is 42.6. The largest absolute Gasteiger partial charge is 0.495 e. The predicted molar refractivity (Wildman–Crippen MR) is 109 cm³/mol. The Morgan fingerprint density at radius 1 is 1.19 bits per heavy atom. The van der Waals surface area contributed by atoms with Gasteiger partial charge in [-0.3, -0.25) is 14.5 Å². The predicted octanol–water partition coefficient (Wildman–Crippen LogP) is 0.422. The minimum atomic E-state index is -3.81. The van der Waals surface area contributed by atoms with Crippen LogP contribution in [0.5, 0.6) is 5.75 Å². The Kier molecular flexibility index (Phi) is 7.42. The Morgan fingerprint density at radius 3 is 2.58 bits per heavy atom. The lowest BCUT2D eigenvalue weighted by Crippen LogP contribution is -2.40. The van der Waals surface area contributed by atoms with Crippen LogP contribution in [0.15, 0.2) is 29.2 Å². The second-order valence-electron chi connectivity index (χ2n) is 6.91. The number of methoxy groups -OCH3 is 1. The molecule has 11 heteroatoms. The number of likely N-dealkylation sites (tertiary alicyclic amines) is 1. The van der Waals surface area contributed by atoms with Crippen molar-refractivity contribution in [3.63, 3.8) is 0 Å². The molecule has 0 unspecified atom stereocenters. The molecule has 3 rings (SSSR count). The lowest BCUT2D eigenvalue weighted by atomic mass is 10.2. The van der Waals surface area contributed by atoms with Crippen LogP contribution in [-0.4, -0.2) is 82.0 Å². The zero-order valence-electron chi connectivity index (χ0n) is 17.1. The molecule has 2 heterocycles. The topological polar surface area (TPSA) is 120 Å². The first-order chi connectivity index (χ1) is 14.8. The number of ether oxygens (including phenoxy) is 3. The molecular formula is C20H24N2O8S. The molecule has 1 aromatic carbocycles. The third kappa shape index (κ3) is 5.49. The Balaban J connectivity index is 1.67. The number of morpholine rings is 1. The van der Waals surface area contributed by atoms with E-state index in [1.807, 2.05) is 0 Å². The molecule has 0 radical (unpaired) electrons. The standard InChI is InChI=1S/C20H24N2O8S/c1-28-16-6-4-15(13-17(16)31(26,27)21-9-11-29-12-10-21)5-7-20(25)30-14-19(24)22-8-2-3-18(22)23/h4-7,13H,2-3,8-12,14H2,1H3/b7-5+. The summed E-state index contributed by atoms with van der Waals surface area (Å²) in [5.74, 6) is -1.43. The van der Waals surface area contributed by atoms with Crippen LogP contribution in [0.25, 0.3) is 6.08 Å². The molecule has 2 aliphatic rings. The molecule has 2 fully saturated rings. The number of nitrogens with zero attached hydrogens (tertiary/aromatic N) is 2. The van der Waals surface area contributed by atoms with Crippen LogP contribution >= 0.6 is 0 Å². The van der Waals surface area contributed by atoms with Crippen molar-refractivity contribution < 1.29 is 37.0 Å². The monoisotopic (exact) mass is 452 g/mol. The third-order valence-electron chi connectivity index (χ3n) is 4.90. The molecule has 31 heavy (non-hydrogen) atoms. The van der Waals surface area contributed by atoms with Crippen molar-refractivity contribution in [2.24, 2.45) is 0 Å². The van der Waals surface area contributed by atoms with Crippen LogP contribution < -0.4 is 4.74 Å². The maximum absolute atomic E-state index is 13.0. The molecule has 0 spiro atoms. The van der Waals surface area contributed by atoms with Gasteiger partial charge in [0.1, 0.15) is 10.6 Å². The zero-order chi connectivity index (χ0) is 22.4. The van der Waals surface area contributed by atoms with Crippen molar-refractivity contribution in [1.82, 2.24) is 9.21 Å². The fraction of sp³-hybridized carbons (Fsp3) is 0.450. The highest BCUT2D eigenvalue weighted by atomic mass is 32.2. The maximum Gasteiger partial charge on any atom is 0.331 e. The van der Waals surface area contributed by atoms with Crippen molar-refractivity contribution in [3.8, 4) is 5.75 Å². The average Bonchev–Trinajstić information content (AvgIpc) is 3.22. The molecule has 10 nitrogen and oxygen atoms in total. The summed E-state index contributed by atoms with van der Waals surface area (Å²) in [6, 6.07) is 4.50. The average molecular weight is 452 g/mol. The molecule has 0 aromatic heterocycles. The highest BCUT2D eigenvalue weighted by Crippen LogP contribution is 2.28. The number of hydrogen-bond donors (Lipinski definition) is 0. The summed E-state index contributed by atoms with van der Waals surface area (Å²) in [7, 11) is -2.43. The first-order valence-corrected chi connectivity index (χ1v) is 11.2. The van der Waals surface area contributed by atoms with Crippen LogP contribution in [0.1, 0.15) is 18.4 Å². The number of sulfonamides is 1. The second-order valence-corrected chi connectivity index (χ2v) is 8.82. The highest BCUT2D eigenvalue weighted by Gasteiger charge is 2.29. The number of rotatable bonds is 7. The Hall–Kier alpha value is -2.76. The number of carbonyl (C=O) groups excluding carboxylic acids is 3.